The molecule has 0 saturated carbocycles. The van der Waals surface area contributed by atoms with Gasteiger partial charge in [0, 0.05) is 18.7 Å². The van der Waals surface area contributed by atoms with E-state index in [0.717, 1.165) is 16.7 Å². The number of rotatable bonds is 3. The van der Waals surface area contributed by atoms with Gasteiger partial charge >= 0.3 is 0 Å². The molecule has 0 aromatic heterocycles. The lowest BCUT2D eigenvalue weighted by molar-refractivity contribution is 1.10. The van der Waals surface area contributed by atoms with Crippen LogP contribution in [-0.4, -0.2) is 6.54 Å². The lowest BCUT2D eigenvalue weighted by Crippen LogP contribution is -2.00. The van der Waals surface area contributed by atoms with Crippen molar-refractivity contribution < 1.29 is 0 Å². The van der Waals surface area contributed by atoms with Gasteiger partial charge in [-0.15, -0.1) is 12.3 Å². The average molecular weight is 259 g/mol. The molecular formula is C10H9BrClN. The van der Waals surface area contributed by atoms with Crippen LogP contribution in [0.5, 0.6) is 0 Å². The Labute approximate surface area is 91.6 Å². The summed E-state index contributed by atoms with van der Waals surface area (Å²) in [7, 11) is 0. The second-order valence-corrected chi connectivity index (χ2v) is 3.68. The number of benzene rings is 1. The molecule has 1 aromatic carbocycles. The molecule has 13 heavy (non-hydrogen) atoms. The normalized spacial score (nSPS) is 9.31. The predicted octanol–water partition coefficient (Wildman–Crippen LogP) is 3.54. The van der Waals surface area contributed by atoms with E-state index in [4.69, 9.17) is 18.0 Å². The number of halogens is 2. The minimum absolute atomic E-state index is 0.700. The molecule has 0 saturated heterocycles. The summed E-state index contributed by atoms with van der Waals surface area (Å²) >= 11 is 9.29. The molecule has 1 N–H and O–H groups in total. The third kappa shape index (κ3) is 2.95. The van der Waals surface area contributed by atoms with E-state index < -0.39 is 0 Å². The van der Waals surface area contributed by atoms with Gasteiger partial charge in [0.1, 0.15) is 0 Å². The van der Waals surface area contributed by atoms with Crippen LogP contribution in [-0.2, 0) is 0 Å². The summed E-state index contributed by atoms with van der Waals surface area (Å²) in [6, 6.07) is 5.68. The van der Waals surface area contributed by atoms with E-state index in [9.17, 15) is 0 Å². The van der Waals surface area contributed by atoms with Crippen molar-refractivity contribution >= 4 is 33.2 Å². The SMILES string of the molecule is C#CCCNc1cccc(Cl)c1Br. The van der Waals surface area contributed by atoms with Crippen molar-refractivity contribution in [2.45, 2.75) is 6.42 Å². The first kappa shape index (κ1) is 10.4. The van der Waals surface area contributed by atoms with Gasteiger partial charge in [0.25, 0.3) is 0 Å². The summed E-state index contributed by atoms with van der Waals surface area (Å²) in [5, 5.41) is 3.88. The van der Waals surface area contributed by atoms with E-state index in [1.54, 1.807) is 0 Å². The van der Waals surface area contributed by atoms with Gasteiger partial charge in [-0.1, -0.05) is 17.7 Å². The Kier molecular flexibility index (Phi) is 4.14. The molecule has 0 aliphatic rings. The molecule has 0 aliphatic carbocycles. The summed E-state index contributed by atoms with van der Waals surface area (Å²) in [5.74, 6) is 2.56. The Morgan fingerprint density at radius 2 is 2.31 bits per heavy atom. The molecule has 0 radical (unpaired) electrons. The Morgan fingerprint density at radius 3 is 3.00 bits per heavy atom. The largest absolute Gasteiger partial charge is 0.383 e. The third-order valence-electron chi connectivity index (χ3n) is 1.54. The van der Waals surface area contributed by atoms with Crippen LogP contribution in [0, 0.1) is 12.3 Å². The van der Waals surface area contributed by atoms with Gasteiger partial charge in [0.05, 0.1) is 9.50 Å². The molecule has 0 unspecified atom stereocenters. The van der Waals surface area contributed by atoms with Crippen molar-refractivity contribution in [1.29, 1.82) is 0 Å². The zero-order valence-corrected chi connectivity index (χ0v) is 9.32. The minimum atomic E-state index is 0.700. The van der Waals surface area contributed by atoms with Crippen LogP contribution in [0.25, 0.3) is 0 Å². The average Bonchev–Trinajstić information content (AvgIpc) is 2.13. The number of hydrogen-bond acceptors (Lipinski definition) is 1. The van der Waals surface area contributed by atoms with E-state index in [-0.39, 0.29) is 0 Å². The Balaban J connectivity index is 2.67. The first-order chi connectivity index (χ1) is 6.25. The fourth-order valence-corrected chi connectivity index (χ4v) is 1.49. The van der Waals surface area contributed by atoms with Crippen LogP contribution >= 0.6 is 27.5 Å². The fourth-order valence-electron chi connectivity index (χ4n) is 0.910. The van der Waals surface area contributed by atoms with Crippen molar-refractivity contribution in [3.05, 3.63) is 27.7 Å². The molecule has 0 amide bonds. The summed E-state index contributed by atoms with van der Waals surface area (Å²) in [6.45, 7) is 0.759. The smallest absolute Gasteiger partial charge is 0.0593 e. The maximum atomic E-state index is 5.90. The Hall–Kier alpha value is -0.650. The third-order valence-corrected chi connectivity index (χ3v) is 2.93. The van der Waals surface area contributed by atoms with Crippen molar-refractivity contribution in [3.8, 4) is 12.3 Å². The maximum absolute atomic E-state index is 5.90. The fraction of sp³-hybridized carbons (Fsp3) is 0.200. The lowest BCUT2D eigenvalue weighted by atomic mass is 10.3. The molecule has 0 fully saturated rings. The first-order valence-electron chi connectivity index (χ1n) is 3.87. The van der Waals surface area contributed by atoms with E-state index in [2.05, 4.69) is 27.2 Å². The van der Waals surface area contributed by atoms with Crippen molar-refractivity contribution in [2.24, 2.45) is 0 Å². The summed E-state index contributed by atoms with van der Waals surface area (Å²) in [5.41, 5.74) is 0.975. The zero-order chi connectivity index (χ0) is 9.68. The van der Waals surface area contributed by atoms with E-state index >= 15 is 0 Å². The van der Waals surface area contributed by atoms with Crippen LogP contribution in [0.1, 0.15) is 6.42 Å². The molecule has 0 bridgehead atoms. The van der Waals surface area contributed by atoms with E-state index in [1.165, 1.54) is 0 Å². The minimum Gasteiger partial charge on any atom is -0.383 e. The zero-order valence-electron chi connectivity index (χ0n) is 6.98. The van der Waals surface area contributed by atoms with Crippen LogP contribution in [0.3, 0.4) is 0 Å². The summed E-state index contributed by atoms with van der Waals surface area (Å²) < 4.78 is 0.883. The van der Waals surface area contributed by atoms with Crippen LogP contribution < -0.4 is 5.32 Å². The van der Waals surface area contributed by atoms with Gasteiger partial charge < -0.3 is 5.32 Å². The molecule has 0 aliphatic heterocycles. The number of hydrogen-bond donors (Lipinski definition) is 1. The molecule has 1 nitrogen and oxygen atoms in total. The Bertz CT molecular complexity index is 330. The van der Waals surface area contributed by atoms with Gasteiger partial charge in [-0.3, -0.25) is 0 Å². The van der Waals surface area contributed by atoms with Gasteiger partial charge in [0.2, 0.25) is 0 Å². The summed E-state index contributed by atoms with van der Waals surface area (Å²) in [4.78, 5) is 0. The topological polar surface area (TPSA) is 12.0 Å². The van der Waals surface area contributed by atoms with Gasteiger partial charge in [-0.05, 0) is 28.1 Å². The van der Waals surface area contributed by atoms with Gasteiger partial charge in [-0.2, -0.15) is 0 Å². The number of terminal acetylenes is 1. The van der Waals surface area contributed by atoms with E-state index in [1.807, 2.05) is 18.2 Å². The second kappa shape index (κ2) is 5.16. The predicted molar refractivity (Wildman–Crippen MR) is 61.1 cm³/mol. The standard InChI is InChI=1S/C10H9BrClN/c1-2-3-7-13-9-6-4-5-8(12)10(9)11/h1,4-6,13H,3,7H2. The van der Waals surface area contributed by atoms with Crippen molar-refractivity contribution in [3.63, 3.8) is 0 Å². The maximum Gasteiger partial charge on any atom is 0.0593 e. The highest BCUT2D eigenvalue weighted by Crippen LogP contribution is 2.29. The number of nitrogens with one attached hydrogen (secondary N) is 1. The van der Waals surface area contributed by atoms with E-state index in [0.29, 0.717) is 11.4 Å². The molecule has 68 valence electrons. The lowest BCUT2D eigenvalue weighted by Gasteiger charge is -2.07. The van der Waals surface area contributed by atoms with Gasteiger partial charge in [0.15, 0.2) is 0 Å². The van der Waals surface area contributed by atoms with Crippen molar-refractivity contribution in [1.82, 2.24) is 0 Å². The molecule has 0 heterocycles. The summed E-state index contributed by atoms with van der Waals surface area (Å²) in [6.07, 6.45) is 5.84. The molecule has 0 atom stereocenters. The van der Waals surface area contributed by atoms with Crippen LogP contribution in [0.2, 0.25) is 5.02 Å². The highest BCUT2D eigenvalue weighted by Gasteiger charge is 2.01. The highest BCUT2D eigenvalue weighted by atomic mass is 79.9. The van der Waals surface area contributed by atoms with Crippen LogP contribution in [0.4, 0.5) is 5.69 Å². The second-order valence-electron chi connectivity index (χ2n) is 2.48. The number of anilines is 1. The van der Waals surface area contributed by atoms with Crippen LogP contribution in [0.15, 0.2) is 22.7 Å². The van der Waals surface area contributed by atoms with Gasteiger partial charge in [-0.25, -0.2) is 0 Å². The quantitative estimate of drug-likeness (QED) is 0.646. The monoisotopic (exact) mass is 257 g/mol. The molecule has 0 spiro atoms. The Morgan fingerprint density at radius 1 is 1.54 bits per heavy atom. The molecular weight excluding hydrogens is 249 g/mol. The highest BCUT2D eigenvalue weighted by molar-refractivity contribution is 9.10. The first-order valence-corrected chi connectivity index (χ1v) is 5.04. The molecule has 1 aromatic rings. The molecule has 3 heteroatoms. The molecule has 1 rings (SSSR count). The van der Waals surface area contributed by atoms with Crippen molar-refractivity contribution in [2.75, 3.05) is 11.9 Å².